The maximum Gasteiger partial charge on any atom is 0.416 e. The molecule has 0 radical (unpaired) electrons. The van der Waals surface area contributed by atoms with E-state index >= 15 is 0 Å². The predicted molar refractivity (Wildman–Crippen MR) is 101 cm³/mol. The van der Waals surface area contributed by atoms with Crippen molar-refractivity contribution in [3.05, 3.63) is 29.8 Å². The van der Waals surface area contributed by atoms with Crippen molar-refractivity contribution >= 4 is 21.7 Å². The van der Waals surface area contributed by atoms with Gasteiger partial charge in [-0.2, -0.15) is 13.2 Å². The lowest BCUT2D eigenvalue weighted by Gasteiger charge is -2.43. The smallest absolute Gasteiger partial charge is 0.384 e. The molecule has 0 saturated carbocycles. The Kier molecular flexibility index (Phi) is 5.85. The molecule has 2 heterocycles. The Morgan fingerprint density at radius 2 is 2.07 bits per heavy atom. The number of amides is 2. The SMILES string of the molecule is COC[C@@]12CCN(C(=O)Nc3cccc(C(F)(F)F)c3)C[C@@H]1CN(S(C)(=O)=O)C2. The fraction of sp³-hybridized carbons (Fsp3) is 0.611. The Morgan fingerprint density at radius 1 is 1.34 bits per heavy atom. The van der Waals surface area contributed by atoms with E-state index in [9.17, 15) is 26.4 Å². The summed E-state index contributed by atoms with van der Waals surface area (Å²) in [7, 11) is -1.81. The number of benzene rings is 1. The molecule has 162 valence electrons. The average molecular weight is 435 g/mol. The van der Waals surface area contributed by atoms with E-state index in [0.29, 0.717) is 32.7 Å². The summed E-state index contributed by atoms with van der Waals surface area (Å²) in [5, 5.41) is 2.51. The molecule has 0 spiro atoms. The van der Waals surface area contributed by atoms with Crippen LogP contribution in [0.5, 0.6) is 0 Å². The largest absolute Gasteiger partial charge is 0.416 e. The Hall–Kier alpha value is -1.85. The van der Waals surface area contributed by atoms with Gasteiger partial charge >= 0.3 is 12.2 Å². The standard InChI is InChI=1S/C18H24F3N3O4S/c1-28-12-17-6-7-23(9-14(17)10-24(11-17)29(2,26)27)16(25)22-15-5-3-4-13(8-15)18(19,20)21/h3-5,8,14H,6-7,9-12H2,1-2H3,(H,22,25)/t14-,17+/m1/s1. The number of carbonyl (C=O) groups is 1. The number of halogens is 3. The summed E-state index contributed by atoms with van der Waals surface area (Å²) in [5.41, 5.74) is -1.15. The molecule has 1 aromatic rings. The van der Waals surface area contributed by atoms with Gasteiger partial charge in [-0.1, -0.05) is 6.07 Å². The van der Waals surface area contributed by atoms with Gasteiger partial charge < -0.3 is 15.0 Å². The summed E-state index contributed by atoms with van der Waals surface area (Å²) in [6.45, 7) is 1.68. The van der Waals surface area contributed by atoms with Gasteiger partial charge in [0.05, 0.1) is 18.4 Å². The Balaban J connectivity index is 1.72. The second kappa shape index (κ2) is 7.77. The van der Waals surface area contributed by atoms with Crippen molar-refractivity contribution < 1.29 is 31.1 Å². The summed E-state index contributed by atoms with van der Waals surface area (Å²) in [6, 6.07) is 3.95. The summed E-state index contributed by atoms with van der Waals surface area (Å²) >= 11 is 0. The van der Waals surface area contributed by atoms with Gasteiger partial charge in [0.1, 0.15) is 0 Å². The highest BCUT2D eigenvalue weighted by Gasteiger charge is 2.52. The quantitative estimate of drug-likeness (QED) is 0.788. The van der Waals surface area contributed by atoms with Gasteiger partial charge in [-0.25, -0.2) is 17.5 Å². The summed E-state index contributed by atoms with van der Waals surface area (Å²) in [6.07, 6.45) is -2.79. The number of hydrogen-bond acceptors (Lipinski definition) is 4. The average Bonchev–Trinajstić information content (AvgIpc) is 3.00. The van der Waals surface area contributed by atoms with Crippen LogP contribution < -0.4 is 5.32 Å². The zero-order chi connectivity index (χ0) is 21.4. The molecule has 0 unspecified atom stereocenters. The van der Waals surface area contributed by atoms with Crippen molar-refractivity contribution in [2.75, 3.05) is 51.5 Å². The van der Waals surface area contributed by atoms with Gasteiger partial charge in [-0.05, 0) is 30.5 Å². The van der Waals surface area contributed by atoms with Gasteiger partial charge in [-0.15, -0.1) is 0 Å². The lowest BCUT2D eigenvalue weighted by Crippen LogP contribution is -2.51. The first-order valence-electron chi connectivity index (χ1n) is 9.12. The van der Waals surface area contributed by atoms with Crippen LogP contribution >= 0.6 is 0 Å². The number of urea groups is 1. The second-order valence-corrected chi connectivity index (χ2v) is 9.73. The monoisotopic (exact) mass is 435 g/mol. The third-order valence-electron chi connectivity index (χ3n) is 5.73. The highest BCUT2D eigenvalue weighted by molar-refractivity contribution is 7.88. The lowest BCUT2D eigenvalue weighted by atomic mass is 9.73. The Morgan fingerprint density at radius 3 is 2.69 bits per heavy atom. The fourth-order valence-corrected chi connectivity index (χ4v) is 5.11. The van der Waals surface area contributed by atoms with Crippen molar-refractivity contribution in [2.24, 2.45) is 11.3 Å². The molecule has 2 aliphatic heterocycles. The zero-order valence-electron chi connectivity index (χ0n) is 16.2. The topological polar surface area (TPSA) is 79.0 Å². The number of nitrogens with zero attached hydrogens (tertiary/aromatic N) is 2. The van der Waals surface area contributed by atoms with Crippen molar-refractivity contribution in [1.29, 1.82) is 0 Å². The number of anilines is 1. The van der Waals surface area contributed by atoms with Crippen molar-refractivity contribution in [1.82, 2.24) is 9.21 Å². The molecule has 2 amide bonds. The molecular weight excluding hydrogens is 411 g/mol. The molecule has 2 aliphatic rings. The number of hydrogen-bond donors (Lipinski definition) is 1. The molecular formula is C18H24F3N3O4S. The first-order chi connectivity index (χ1) is 13.4. The van der Waals surface area contributed by atoms with Crippen molar-refractivity contribution in [2.45, 2.75) is 12.6 Å². The molecule has 7 nitrogen and oxygen atoms in total. The number of alkyl halides is 3. The van der Waals surface area contributed by atoms with Gasteiger partial charge in [0.15, 0.2) is 0 Å². The third-order valence-corrected chi connectivity index (χ3v) is 6.95. The molecule has 0 aromatic heterocycles. The van der Waals surface area contributed by atoms with Crippen LogP contribution in [0, 0.1) is 11.3 Å². The maximum absolute atomic E-state index is 12.9. The van der Waals surface area contributed by atoms with E-state index in [1.807, 2.05) is 0 Å². The van der Waals surface area contributed by atoms with Gasteiger partial charge in [0, 0.05) is 44.4 Å². The first kappa shape index (κ1) is 21.8. The van der Waals surface area contributed by atoms with Crippen LogP contribution in [-0.4, -0.2) is 69.8 Å². The normalized spacial score (nSPS) is 25.7. The predicted octanol–water partition coefficient (Wildman–Crippen LogP) is 2.47. The summed E-state index contributed by atoms with van der Waals surface area (Å²) < 4.78 is 69.3. The number of fused-ring (bicyclic) bond motifs is 1. The number of sulfonamides is 1. The van der Waals surface area contributed by atoms with Crippen LogP contribution in [0.1, 0.15) is 12.0 Å². The Labute approximate surface area is 167 Å². The minimum Gasteiger partial charge on any atom is -0.384 e. The van der Waals surface area contributed by atoms with Gasteiger partial charge in [-0.3, -0.25) is 0 Å². The molecule has 0 bridgehead atoms. The van der Waals surface area contributed by atoms with Crippen LogP contribution in [-0.2, 0) is 20.9 Å². The van der Waals surface area contributed by atoms with Crippen molar-refractivity contribution in [3.63, 3.8) is 0 Å². The van der Waals surface area contributed by atoms with E-state index in [2.05, 4.69) is 5.32 Å². The molecule has 1 aromatic carbocycles. The maximum atomic E-state index is 12.9. The van der Waals surface area contributed by atoms with E-state index in [1.54, 1.807) is 7.11 Å². The highest BCUT2D eigenvalue weighted by atomic mass is 32.2. The van der Waals surface area contributed by atoms with Crippen LogP contribution in [0.4, 0.5) is 23.7 Å². The molecule has 3 rings (SSSR count). The zero-order valence-corrected chi connectivity index (χ0v) is 17.0. The number of likely N-dealkylation sites (tertiary alicyclic amines) is 1. The number of carbonyl (C=O) groups excluding carboxylic acids is 1. The first-order valence-corrected chi connectivity index (χ1v) is 11.0. The lowest BCUT2D eigenvalue weighted by molar-refractivity contribution is -0.137. The number of methoxy groups -OCH3 is 1. The third kappa shape index (κ3) is 4.67. The highest BCUT2D eigenvalue weighted by Crippen LogP contribution is 2.44. The number of rotatable bonds is 4. The van der Waals surface area contributed by atoms with Gasteiger partial charge in [0.25, 0.3) is 0 Å². The van der Waals surface area contributed by atoms with Crippen molar-refractivity contribution in [3.8, 4) is 0 Å². The summed E-state index contributed by atoms with van der Waals surface area (Å²) in [5.74, 6) is -0.113. The van der Waals surface area contributed by atoms with E-state index < -0.39 is 27.8 Å². The van der Waals surface area contributed by atoms with Crippen LogP contribution in [0.2, 0.25) is 0 Å². The van der Waals surface area contributed by atoms with Crippen LogP contribution in [0.3, 0.4) is 0 Å². The molecule has 0 aliphatic carbocycles. The molecule has 11 heteroatoms. The number of ether oxygens (including phenoxy) is 1. The van der Waals surface area contributed by atoms with E-state index in [1.165, 1.54) is 21.3 Å². The van der Waals surface area contributed by atoms with Crippen LogP contribution in [0.15, 0.2) is 24.3 Å². The molecule has 2 saturated heterocycles. The van der Waals surface area contributed by atoms with E-state index in [-0.39, 0.29) is 23.6 Å². The molecule has 1 N–H and O–H groups in total. The molecule has 29 heavy (non-hydrogen) atoms. The summed E-state index contributed by atoms with van der Waals surface area (Å²) in [4.78, 5) is 14.1. The Bertz CT molecular complexity index is 877. The van der Waals surface area contributed by atoms with E-state index in [4.69, 9.17) is 4.74 Å². The van der Waals surface area contributed by atoms with E-state index in [0.717, 1.165) is 18.4 Å². The second-order valence-electron chi connectivity index (χ2n) is 7.75. The van der Waals surface area contributed by atoms with Gasteiger partial charge in [0.2, 0.25) is 10.0 Å². The minimum absolute atomic E-state index is 0.0581. The number of nitrogens with one attached hydrogen (secondary N) is 1. The fourth-order valence-electron chi connectivity index (χ4n) is 4.17. The minimum atomic E-state index is -4.50. The number of piperidine rings is 1. The van der Waals surface area contributed by atoms with Crippen LogP contribution in [0.25, 0.3) is 0 Å². The molecule has 2 fully saturated rings. The molecule has 2 atom stereocenters.